The first-order chi connectivity index (χ1) is 7.10. The molecule has 15 heavy (non-hydrogen) atoms. The largest absolute Gasteiger partial charge is 0.268 e. The number of pyridine rings is 1. The quantitative estimate of drug-likeness (QED) is 0.629. The molecule has 0 unspecified atom stereocenters. The molecular weight excluding hydrogens is 273 g/mol. The van der Waals surface area contributed by atoms with Crippen LogP contribution >= 0.6 is 15.9 Å². The van der Waals surface area contributed by atoms with Crippen LogP contribution in [0.25, 0.3) is 0 Å². The standard InChI is InChI=1S/C9H6BrF3N2/c10-4-5-3-6(8(11)12)9(13)15-7(5)1-2-14/h3,8H,1,4H2. The van der Waals surface area contributed by atoms with Gasteiger partial charge in [0.05, 0.1) is 23.7 Å². The molecule has 0 bridgehead atoms. The Morgan fingerprint density at radius 1 is 1.53 bits per heavy atom. The van der Waals surface area contributed by atoms with E-state index in [2.05, 4.69) is 20.9 Å². The second-order valence-electron chi connectivity index (χ2n) is 2.74. The number of rotatable bonds is 3. The molecule has 0 saturated carbocycles. The molecule has 0 saturated heterocycles. The first-order valence-electron chi connectivity index (χ1n) is 3.99. The molecule has 6 heteroatoms. The molecule has 0 aliphatic rings. The summed E-state index contributed by atoms with van der Waals surface area (Å²) in [5.41, 5.74) is -0.129. The Morgan fingerprint density at radius 3 is 2.67 bits per heavy atom. The summed E-state index contributed by atoms with van der Waals surface area (Å²) >= 11 is 3.07. The summed E-state index contributed by atoms with van der Waals surface area (Å²) in [6.45, 7) is 0. The lowest BCUT2D eigenvalue weighted by Gasteiger charge is -2.07. The fourth-order valence-electron chi connectivity index (χ4n) is 1.08. The van der Waals surface area contributed by atoms with Gasteiger partial charge in [-0.15, -0.1) is 0 Å². The topological polar surface area (TPSA) is 36.7 Å². The van der Waals surface area contributed by atoms with Gasteiger partial charge in [0.15, 0.2) is 0 Å². The van der Waals surface area contributed by atoms with Crippen molar-refractivity contribution in [2.75, 3.05) is 0 Å². The van der Waals surface area contributed by atoms with E-state index in [1.54, 1.807) is 6.07 Å². The van der Waals surface area contributed by atoms with Crippen LogP contribution in [-0.2, 0) is 11.8 Å². The highest BCUT2D eigenvalue weighted by molar-refractivity contribution is 9.08. The average Bonchev–Trinajstić information content (AvgIpc) is 2.18. The highest BCUT2D eigenvalue weighted by atomic mass is 79.9. The van der Waals surface area contributed by atoms with E-state index in [0.717, 1.165) is 6.07 Å². The SMILES string of the molecule is N#CCc1nc(F)c(C(F)F)cc1CBr. The number of halogens is 4. The van der Waals surface area contributed by atoms with E-state index in [4.69, 9.17) is 5.26 Å². The van der Waals surface area contributed by atoms with Crippen molar-refractivity contribution in [2.45, 2.75) is 18.2 Å². The molecule has 0 radical (unpaired) electrons. The number of alkyl halides is 3. The van der Waals surface area contributed by atoms with E-state index in [0.29, 0.717) is 5.56 Å². The second-order valence-corrected chi connectivity index (χ2v) is 3.30. The average molecular weight is 279 g/mol. The Balaban J connectivity index is 3.24. The number of aromatic nitrogens is 1. The fourth-order valence-corrected chi connectivity index (χ4v) is 1.57. The van der Waals surface area contributed by atoms with E-state index in [9.17, 15) is 13.2 Å². The van der Waals surface area contributed by atoms with Gasteiger partial charge in [0, 0.05) is 5.33 Å². The summed E-state index contributed by atoms with van der Waals surface area (Å²) in [6.07, 6.45) is -2.99. The minimum atomic E-state index is -2.90. The van der Waals surface area contributed by atoms with Gasteiger partial charge in [0.2, 0.25) is 5.95 Å². The molecule has 0 aromatic carbocycles. The van der Waals surface area contributed by atoms with Crippen LogP contribution in [0.15, 0.2) is 6.07 Å². The number of hydrogen-bond acceptors (Lipinski definition) is 2. The fraction of sp³-hybridized carbons (Fsp3) is 0.333. The first kappa shape index (κ1) is 12.0. The highest BCUT2D eigenvalue weighted by Crippen LogP contribution is 2.24. The third kappa shape index (κ3) is 2.69. The van der Waals surface area contributed by atoms with Crippen molar-refractivity contribution < 1.29 is 13.2 Å². The zero-order valence-electron chi connectivity index (χ0n) is 7.48. The lowest BCUT2D eigenvalue weighted by atomic mass is 10.1. The normalized spacial score (nSPS) is 10.4. The van der Waals surface area contributed by atoms with Crippen LogP contribution in [0, 0.1) is 17.3 Å². The van der Waals surface area contributed by atoms with Crippen molar-refractivity contribution in [3.8, 4) is 6.07 Å². The van der Waals surface area contributed by atoms with Crippen molar-refractivity contribution in [1.82, 2.24) is 4.98 Å². The summed E-state index contributed by atoms with van der Waals surface area (Å²) in [5, 5.41) is 8.69. The molecule has 1 rings (SSSR count). The van der Waals surface area contributed by atoms with Crippen LogP contribution in [0.1, 0.15) is 23.2 Å². The molecular formula is C9H6BrF3N2. The number of hydrogen-bond donors (Lipinski definition) is 0. The third-order valence-corrected chi connectivity index (χ3v) is 2.40. The Bertz CT molecular complexity index is 401. The number of nitrogens with zero attached hydrogens (tertiary/aromatic N) is 2. The Labute approximate surface area is 92.9 Å². The maximum Gasteiger partial charge on any atom is 0.268 e. The molecule has 0 fully saturated rings. The molecule has 0 amide bonds. The lowest BCUT2D eigenvalue weighted by molar-refractivity contribution is 0.145. The summed E-state index contributed by atoms with van der Waals surface area (Å²) in [4.78, 5) is 3.36. The maximum atomic E-state index is 13.0. The Kier molecular flexibility index (Phi) is 4.09. The van der Waals surface area contributed by atoms with Crippen LogP contribution < -0.4 is 0 Å². The Morgan fingerprint density at radius 2 is 2.20 bits per heavy atom. The van der Waals surface area contributed by atoms with Crippen LogP contribution in [0.3, 0.4) is 0 Å². The smallest absolute Gasteiger partial charge is 0.223 e. The summed E-state index contributed by atoms with van der Waals surface area (Å²) in [7, 11) is 0. The minimum Gasteiger partial charge on any atom is -0.223 e. The van der Waals surface area contributed by atoms with Gasteiger partial charge >= 0.3 is 0 Å². The molecule has 2 nitrogen and oxygen atoms in total. The molecule has 0 N–H and O–H groups in total. The van der Waals surface area contributed by atoms with Crippen LogP contribution in [-0.4, -0.2) is 4.98 Å². The van der Waals surface area contributed by atoms with Gasteiger partial charge in [0.1, 0.15) is 0 Å². The van der Waals surface area contributed by atoms with Crippen LogP contribution in [0.5, 0.6) is 0 Å². The van der Waals surface area contributed by atoms with E-state index < -0.39 is 17.9 Å². The maximum absolute atomic E-state index is 13.0. The predicted molar refractivity (Wildman–Crippen MR) is 51.1 cm³/mol. The summed E-state index contributed by atoms with van der Waals surface area (Å²) in [6, 6.07) is 2.83. The third-order valence-electron chi connectivity index (χ3n) is 1.80. The predicted octanol–water partition coefficient (Wildman–Crippen LogP) is 3.12. The van der Waals surface area contributed by atoms with Gasteiger partial charge < -0.3 is 0 Å². The lowest BCUT2D eigenvalue weighted by Crippen LogP contribution is -2.03. The van der Waals surface area contributed by atoms with Gasteiger partial charge in [0.25, 0.3) is 6.43 Å². The molecule has 80 valence electrons. The van der Waals surface area contributed by atoms with Gasteiger partial charge in [-0.05, 0) is 11.6 Å². The Hall–Kier alpha value is -1.09. The summed E-state index contributed by atoms with van der Waals surface area (Å²) in [5.74, 6) is -1.21. The molecule has 1 aromatic heterocycles. The van der Waals surface area contributed by atoms with E-state index in [-0.39, 0.29) is 17.4 Å². The minimum absolute atomic E-state index is 0.0959. The molecule has 0 spiro atoms. The van der Waals surface area contributed by atoms with Gasteiger partial charge in [-0.1, -0.05) is 15.9 Å². The zero-order chi connectivity index (χ0) is 11.4. The van der Waals surface area contributed by atoms with E-state index in [1.165, 1.54) is 0 Å². The molecule has 0 aliphatic carbocycles. The monoisotopic (exact) mass is 278 g/mol. The second kappa shape index (κ2) is 5.12. The molecule has 0 aliphatic heterocycles. The zero-order valence-corrected chi connectivity index (χ0v) is 9.06. The van der Waals surface area contributed by atoms with E-state index >= 15 is 0 Å². The van der Waals surface area contributed by atoms with Crippen molar-refractivity contribution >= 4 is 15.9 Å². The van der Waals surface area contributed by atoms with Crippen LogP contribution in [0.4, 0.5) is 13.2 Å². The van der Waals surface area contributed by atoms with Gasteiger partial charge in [-0.3, -0.25) is 0 Å². The van der Waals surface area contributed by atoms with E-state index in [1.807, 2.05) is 0 Å². The molecule has 0 atom stereocenters. The molecule has 1 aromatic rings. The molecule has 1 heterocycles. The number of nitriles is 1. The first-order valence-corrected chi connectivity index (χ1v) is 5.11. The summed E-state index contributed by atoms with van der Waals surface area (Å²) < 4.78 is 37.6. The van der Waals surface area contributed by atoms with Crippen molar-refractivity contribution in [3.63, 3.8) is 0 Å². The van der Waals surface area contributed by atoms with Crippen LogP contribution in [0.2, 0.25) is 0 Å². The van der Waals surface area contributed by atoms with Gasteiger partial charge in [-0.2, -0.15) is 9.65 Å². The van der Waals surface area contributed by atoms with Crippen molar-refractivity contribution in [2.24, 2.45) is 0 Å². The van der Waals surface area contributed by atoms with Crippen molar-refractivity contribution in [3.05, 3.63) is 28.8 Å². The van der Waals surface area contributed by atoms with Crippen molar-refractivity contribution in [1.29, 1.82) is 5.26 Å². The highest BCUT2D eigenvalue weighted by Gasteiger charge is 2.17. The van der Waals surface area contributed by atoms with Gasteiger partial charge in [-0.25, -0.2) is 13.8 Å².